The van der Waals surface area contributed by atoms with Crippen molar-refractivity contribution in [3.8, 4) is 0 Å². The van der Waals surface area contributed by atoms with E-state index >= 15 is 0 Å². The van der Waals surface area contributed by atoms with Gasteiger partial charge in [0, 0.05) is 5.66 Å². The van der Waals surface area contributed by atoms with Crippen LogP contribution in [0, 0.1) is 6.92 Å². The van der Waals surface area contributed by atoms with Crippen LogP contribution in [0.15, 0.2) is 48.1 Å². The molecule has 0 fully saturated rings. The van der Waals surface area contributed by atoms with Gasteiger partial charge in [0.1, 0.15) is 0 Å². The molecule has 98 valence electrons. The van der Waals surface area contributed by atoms with Crippen molar-refractivity contribution in [2.45, 2.75) is 39.8 Å². The van der Waals surface area contributed by atoms with Crippen molar-refractivity contribution in [3.63, 3.8) is 0 Å². The summed E-state index contributed by atoms with van der Waals surface area (Å²) in [5, 5.41) is 1.56. The van der Waals surface area contributed by atoms with Gasteiger partial charge >= 0.3 is 0 Å². The highest BCUT2D eigenvalue weighted by Crippen LogP contribution is 2.43. The lowest BCUT2D eigenvalue weighted by molar-refractivity contribution is 0.971. The highest BCUT2D eigenvalue weighted by molar-refractivity contribution is 7.65. The summed E-state index contributed by atoms with van der Waals surface area (Å²) in [6.07, 6.45) is 7.96. The Labute approximate surface area is 114 Å². The van der Waals surface area contributed by atoms with Gasteiger partial charge in [-0.05, 0) is 37.8 Å². The van der Waals surface area contributed by atoms with Crippen LogP contribution in [-0.2, 0) is 0 Å². The summed E-state index contributed by atoms with van der Waals surface area (Å²) in [6, 6.07) is 8.82. The van der Waals surface area contributed by atoms with E-state index in [0.29, 0.717) is 0 Å². The third-order valence-electron chi connectivity index (χ3n) is 3.34. The van der Waals surface area contributed by atoms with Crippen molar-refractivity contribution in [1.82, 2.24) is 0 Å². The Morgan fingerprint density at radius 3 is 2.39 bits per heavy atom. The van der Waals surface area contributed by atoms with Crippen LogP contribution in [-0.4, -0.2) is 12.3 Å². The number of rotatable bonds is 2. The molecule has 1 heteroatoms. The number of benzene rings is 1. The van der Waals surface area contributed by atoms with E-state index in [0.717, 1.165) is 5.66 Å². The van der Waals surface area contributed by atoms with E-state index in [1.165, 1.54) is 12.0 Å². The van der Waals surface area contributed by atoms with Gasteiger partial charge in [-0.1, -0.05) is 69.8 Å². The van der Waals surface area contributed by atoms with E-state index in [1.807, 2.05) is 13.8 Å². The molecule has 1 aromatic carbocycles. The average Bonchev–Trinajstić information content (AvgIpc) is 2.41. The molecule has 0 saturated heterocycles. The molecule has 0 heterocycles. The maximum Gasteiger partial charge on any atom is 0.00733 e. The highest BCUT2D eigenvalue weighted by Gasteiger charge is 2.21. The molecule has 0 bridgehead atoms. The largest absolute Gasteiger partial charge is 0.0836 e. The average molecular weight is 260 g/mol. The minimum atomic E-state index is -0.0736. The van der Waals surface area contributed by atoms with Crippen LogP contribution in [0.25, 0.3) is 0 Å². The Hall–Kier alpha value is -0.870. The lowest BCUT2D eigenvalue weighted by atomic mass is 10.1. The fourth-order valence-corrected chi connectivity index (χ4v) is 4.74. The molecule has 1 aliphatic rings. The standard InChI is InChI=1S/C15H19P.C2H6/c1-12-8-4-6-10-14(12)16(3)15-11-7-5-9-13(15)2;1-2/h4-10,15H,11H2,1-3H3;1-2H3. The first-order valence-electron chi connectivity index (χ1n) is 6.82. The molecule has 2 rings (SSSR count). The highest BCUT2D eigenvalue weighted by atomic mass is 31.1. The molecule has 0 spiro atoms. The van der Waals surface area contributed by atoms with Crippen LogP contribution in [0.2, 0.25) is 0 Å². The summed E-state index contributed by atoms with van der Waals surface area (Å²) in [6.45, 7) is 10.9. The molecule has 0 radical (unpaired) electrons. The Morgan fingerprint density at radius 1 is 1.11 bits per heavy atom. The monoisotopic (exact) mass is 260 g/mol. The molecule has 1 aliphatic carbocycles. The Balaban J connectivity index is 0.000000771. The second-order valence-corrected chi connectivity index (χ2v) is 6.81. The number of allylic oxidation sites excluding steroid dienone is 4. The molecule has 0 amide bonds. The summed E-state index contributed by atoms with van der Waals surface area (Å²) < 4.78 is 0. The number of hydrogen-bond acceptors (Lipinski definition) is 0. The van der Waals surface area contributed by atoms with E-state index < -0.39 is 0 Å². The Morgan fingerprint density at radius 2 is 1.78 bits per heavy atom. The summed E-state index contributed by atoms with van der Waals surface area (Å²) in [7, 11) is -0.0736. The van der Waals surface area contributed by atoms with Gasteiger partial charge in [-0.15, -0.1) is 0 Å². The van der Waals surface area contributed by atoms with Gasteiger partial charge in [0.2, 0.25) is 0 Å². The van der Waals surface area contributed by atoms with Crippen LogP contribution in [0.4, 0.5) is 0 Å². The molecule has 0 aliphatic heterocycles. The molecular weight excluding hydrogens is 235 g/mol. The van der Waals surface area contributed by atoms with E-state index in [4.69, 9.17) is 0 Å². The molecule has 2 atom stereocenters. The van der Waals surface area contributed by atoms with Crippen LogP contribution >= 0.6 is 7.92 Å². The smallest absolute Gasteiger partial charge is 0.00733 e. The van der Waals surface area contributed by atoms with Crippen molar-refractivity contribution in [1.29, 1.82) is 0 Å². The fourth-order valence-electron chi connectivity index (χ4n) is 2.31. The van der Waals surface area contributed by atoms with Gasteiger partial charge in [-0.25, -0.2) is 0 Å². The van der Waals surface area contributed by atoms with Crippen molar-refractivity contribution in [3.05, 3.63) is 53.6 Å². The first-order chi connectivity index (χ1) is 8.70. The molecule has 0 saturated carbocycles. The third kappa shape index (κ3) is 3.56. The molecular formula is C17H25P. The molecule has 0 N–H and O–H groups in total. The lowest BCUT2D eigenvalue weighted by Gasteiger charge is -2.27. The second kappa shape index (κ2) is 7.54. The van der Waals surface area contributed by atoms with E-state index in [1.54, 1.807) is 10.9 Å². The van der Waals surface area contributed by atoms with E-state index in [9.17, 15) is 0 Å². The minimum Gasteiger partial charge on any atom is -0.0836 e. The predicted molar refractivity (Wildman–Crippen MR) is 86.3 cm³/mol. The third-order valence-corrected chi connectivity index (χ3v) is 6.16. The number of aryl methyl sites for hydroxylation is 1. The zero-order valence-corrected chi connectivity index (χ0v) is 13.2. The first kappa shape index (κ1) is 15.2. The summed E-state index contributed by atoms with van der Waals surface area (Å²) in [4.78, 5) is 0. The summed E-state index contributed by atoms with van der Waals surface area (Å²) >= 11 is 0. The summed E-state index contributed by atoms with van der Waals surface area (Å²) in [5.74, 6) is 0. The maximum absolute atomic E-state index is 2.42. The van der Waals surface area contributed by atoms with Gasteiger partial charge in [-0.3, -0.25) is 0 Å². The molecule has 0 aromatic heterocycles. The van der Waals surface area contributed by atoms with Crippen molar-refractivity contribution < 1.29 is 0 Å². The van der Waals surface area contributed by atoms with Crippen molar-refractivity contribution >= 4 is 13.2 Å². The predicted octanol–water partition coefficient (Wildman–Crippen LogP) is 5.03. The van der Waals surface area contributed by atoms with Crippen LogP contribution in [0.1, 0.15) is 32.8 Å². The summed E-state index contributed by atoms with van der Waals surface area (Å²) in [5.41, 5.74) is 3.72. The first-order valence-corrected chi connectivity index (χ1v) is 8.67. The van der Waals surface area contributed by atoms with Gasteiger partial charge in [0.05, 0.1) is 0 Å². The van der Waals surface area contributed by atoms with E-state index in [2.05, 4.69) is 63.0 Å². The van der Waals surface area contributed by atoms with Crippen LogP contribution < -0.4 is 5.30 Å². The zero-order valence-electron chi connectivity index (χ0n) is 12.3. The quantitative estimate of drug-likeness (QED) is 0.654. The molecule has 1 aromatic rings. The minimum absolute atomic E-state index is 0.0736. The zero-order chi connectivity index (χ0) is 13.5. The van der Waals surface area contributed by atoms with Crippen LogP contribution in [0.3, 0.4) is 0 Å². The fraction of sp³-hybridized carbons (Fsp3) is 0.412. The normalized spacial score (nSPS) is 19.6. The van der Waals surface area contributed by atoms with Gasteiger partial charge in [0.15, 0.2) is 0 Å². The van der Waals surface area contributed by atoms with Crippen LogP contribution in [0.5, 0.6) is 0 Å². The van der Waals surface area contributed by atoms with Crippen molar-refractivity contribution in [2.75, 3.05) is 6.66 Å². The molecule has 2 unspecified atom stereocenters. The Kier molecular flexibility index (Phi) is 6.36. The maximum atomic E-state index is 2.42. The molecule has 18 heavy (non-hydrogen) atoms. The lowest BCUT2D eigenvalue weighted by Crippen LogP contribution is -2.17. The van der Waals surface area contributed by atoms with Crippen molar-refractivity contribution in [2.24, 2.45) is 0 Å². The second-order valence-electron chi connectivity index (χ2n) is 4.49. The van der Waals surface area contributed by atoms with E-state index in [-0.39, 0.29) is 7.92 Å². The Bertz CT molecular complexity index is 429. The van der Waals surface area contributed by atoms with Gasteiger partial charge < -0.3 is 0 Å². The van der Waals surface area contributed by atoms with Gasteiger partial charge in [-0.2, -0.15) is 0 Å². The number of hydrogen-bond donors (Lipinski definition) is 0. The molecule has 0 nitrogen and oxygen atoms in total. The topological polar surface area (TPSA) is 0 Å². The van der Waals surface area contributed by atoms with Gasteiger partial charge in [0.25, 0.3) is 0 Å². The SMILES string of the molecule is CC.CC1=CC=CCC1P(C)c1ccccc1C.